The number of carboxylic acid groups (broad SMARTS) is 1. The predicted molar refractivity (Wildman–Crippen MR) is 251 cm³/mol. The number of nitrogens with zero attached hydrogens (tertiary/aromatic N) is 7. The largest absolute Gasteiger partial charge is 0.465 e. The fraction of sp³-hybridized carbons (Fsp3) is 0.531. The summed E-state index contributed by atoms with van der Waals surface area (Å²) in [6.45, 7) is 10.7. The standard InChI is InChI=1S/C49H63N11O6/c1-28(2)42(55-48(63)64)46(61)58-23-9-11-39(58)44-51-33-16-13-30(25-35(33)53-44)37-18-19-38(60(37)32-15-20-41(50-27-32)57-21-7-6-8-22-57)31-14-17-34-36(26-31)54-45(52-34)40-12-10-24-59(40)47(62)43(29(3)4)56-49(65)66-5/h13-17,20,25-29,37-40,42-43,55H,6-12,18-19,21-24H2,1-5H3,(H,51,53)(H,52,54)(H,56,65)(H,63,64)/t37-,38-,39-,40-,42-,43-/m0/s1. The van der Waals surface area contributed by atoms with E-state index in [1.54, 1.807) is 4.90 Å². The maximum atomic E-state index is 13.9. The number of benzene rings is 2. The number of aromatic nitrogens is 5. The lowest BCUT2D eigenvalue weighted by Gasteiger charge is -2.34. The quantitative estimate of drug-likeness (QED) is 0.0814. The van der Waals surface area contributed by atoms with Crippen molar-refractivity contribution < 1.29 is 29.0 Å². The number of ether oxygens (including phenoxy) is 1. The van der Waals surface area contributed by atoms with Crippen LogP contribution < -0.4 is 20.4 Å². The fourth-order valence-corrected chi connectivity index (χ4v) is 10.8. The molecule has 4 fully saturated rings. The first kappa shape index (κ1) is 44.8. The van der Waals surface area contributed by atoms with Crippen LogP contribution in [0.3, 0.4) is 0 Å². The first-order chi connectivity index (χ1) is 31.9. The zero-order valence-electron chi connectivity index (χ0n) is 38.6. The summed E-state index contributed by atoms with van der Waals surface area (Å²) >= 11 is 0. The summed E-state index contributed by atoms with van der Waals surface area (Å²) in [6.07, 6.45) is 8.71. The van der Waals surface area contributed by atoms with E-state index in [0.717, 1.165) is 102 Å². The summed E-state index contributed by atoms with van der Waals surface area (Å²) in [6, 6.07) is 15.2. The van der Waals surface area contributed by atoms with E-state index >= 15 is 0 Å². The second-order valence-corrected chi connectivity index (χ2v) is 19.1. The molecule has 17 heteroatoms. The molecule has 6 atom stereocenters. The zero-order valence-corrected chi connectivity index (χ0v) is 38.6. The van der Waals surface area contributed by atoms with Crippen molar-refractivity contribution in [2.75, 3.05) is 43.1 Å². The number of hydrogen-bond acceptors (Lipinski definition) is 10. The third kappa shape index (κ3) is 8.83. The van der Waals surface area contributed by atoms with Gasteiger partial charge in [-0.3, -0.25) is 9.59 Å². The Morgan fingerprint density at radius 1 is 0.667 bits per heavy atom. The number of anilines is 2. The molecule has 0 radical (unpaired) electrons. The minimum atomic E-state index is -1.21. The summed E-state index contributed by atoms with van der Waals surface area (Å²) in [5.74, 6) is 1.74. The maximum Gasteiger partial charge on any atom is 0.407 e. The number of amides is 4. The van der Waals surface area contributed by atoms with Crippen molar-refractivity contribution in [3.63, 3.8) is 0 Å². The average molecular weight is 902 g/mol. The van der Waals surface area contributed by atoms with Gasteiger partial charge in [0.2, 0.25) is 11.8 Å². The number of fused-ring (bicyclic) bond motifs is 2. The van der Waals surface area contributed by atoms with Gasteiger partial charge in [-0.05, 0) is 117 Å². The van der Waals surface area contributed by atoms with E-state index in [1.165, 1.54) is 26.4 Å². The molecule has 4 aliphatic heterocycles. The molecule has 0 bridgehead atoms. The maximum absolute atomic E-state index is 13.9. The molecule has 4 saturated heterocycles. The third-order valence-electron chi connectivity index (χ3n) is 14.2. The first-order valence-electron chi connectivity index (χ1n) is 23.8. The molecular formula is C49H63N11O6. The molecule has 0 unspecified atom stereocenters. The molecule has 9 rings (SSSR count). The van der Waals surface area contributed by atoms with E-state index in [4.69, 9.17) is 19.7 Å². The molecule has 2 aromatic carbocycles. The van der Waals surface area contributed by atoms with Gasteiger partial charge in [0, 0.05) is 26.2 Å². The Balaban J connectivity index is 1.01. The van der Waals surface area contributed by atoms with Crippen molar-refractivity contribution >= 4 is 57.6 Å². The van der Waals surface area contributed by atoms with Crippen molar-refractivity contribution in [3.05, 3.63) is 77.5 Å². The summed E-state index contributed by atoms with van der Waals surface area (Å²) in [5.41, 5.74) is 6.76. The van der Waals surface area contributed by atoms with Crippen LogP contribution in [0.5, 0.6) is 0 Å². The minimum Gasteiger partial charge on any atom is -0.465 e. The highest BCUT2D eigenvalue weighted by molar-refractivity contribution is 5.87. The summed E-state index contributed by atoms with van der Waals surface area (Å²) < 4.78 is 4.83. The van der Waals surface area contributed by atoms with E-state index in [-0.39, 0.29) is 47.8 Å². The Morgan fingerprint density at radius 2 is 1.20 bits per heavy atom. The lowest BCUT2D eigenvalue weighted by atomic mass is 10.0. The van der Waals surface area contributed by atoms with Crippen molar-refractivity contribution in [3.8, 4) is 0 Å². The lowest BCUT2D eigenvalue weighted by Crippen LogP contribution is -2.51. The van der Waals surface area contributed by atoms with Gasteiger partial charge in [-0.15, -0.1) is 0 Å². The van der Waals surface area contributed by atoms with Crippen LogP contribution in [-0.2, 0) is 14.3 Å². The third-order valence-corrected chi connectivity index (χ3v) is 14.2. The number of piperidine rings is 1. The van der Waals surface area contributed by atoms with Gasteiger partial charge in [-0.1, -0.05) is 39.8 Å². The second kappa shape index (κ2) is 18.8. The smallest absolute Gasteiger partial charge is 0.407 e. The number of likely N-dealkylation sites (tertiary alicyclic amines) is 2. The number of pyridine rings is 1. The number of H-pyrrole nitrogens is 2. The van der Waals surface area contributed by atoms with Gasteiger partial charge in [-0.2, -0.15) is 0 Å². The SMILES string of the molecule is COC(=O)N[C@H](C(=O)N1CCC[C@H]1c1nc2ccc([C@@H]3CC[C@@H](c4ccc5nc([C@@H]6CCCN6C(=O)[C@@H](NC(=O)O)C(C)C)[nH]c5c4)N3c3ccc(N4CCCCC4)nc3)cc2[nH]1)C(C)C. The highest BCUT2D eigenvalue weighted by Gasteiger charge is 2.40. The van der Waals surface area contributed by atoms with Crippen LogP contribution in [0.25, 0.3) is 22.1 Å². The van der Waals surface area contributed by atoms with Gasteiger partial charge in [0.25, 0.3) is 0 Å². The number of methoxy groups -OCH3 is 1. The average Bonchev–Trinajstić information content (AvgIpc) is 4.18. The molecule has 17 nitrogen and oxygen atoms in total. The number of carbonyl (C=O) groups excluding carboxylic acids is 3. The van der Waals surface area contributed by atoms with E-state index in [0.29, 0.717) is 18.9 Å². The molecule has 0 spiro atoms. The highest BCUT2D eigenvalue weighted by atomic mass is 16.5. The van der Waals surface area contributed by atoms with Crippen LogP contribution in [0.15, 0.2) is 54.7 Å². The first-order valence-corrected chi connectivity index (χ1v) is 23.8. The molecule has 5 aromatic rings. The van der Waals surface area contributed by atoms with Crippen LogP contribution >= 0.6 is 0 Å². The molecule has 4 amide bonds. The number of imidazole rings is 2. The van der Waals surface area contributed by atoms with Crippen molar-refractivity contribution in [1.82, 2.24) is 45.4 Å². The summed E-state index contributed by atoms with van der Waals surface area (Å²) in [4.78, 5) is 82.1. The van der Waals surface area contributed by atoms with E-state index in [9.17, 15) is 24.3 Å². The zero-order chi connectivity index (χ0) is 46.2. The van der Waals surface area contributed by atoms with Crippen LogP contribution in [0, 0.1) is 11.8 Å². The normalized spacial score (nSPS) is 22.2. The van der Waals surface area contributed by atoms with Crippen molar-refractivity contribution in [1.29, 1.82) is 0 Å². The van der Waals surface area contributed by atoms with Crippen molar-refractivity contribution in [2.45, 2.75) is 122 Å². The minimum absolute atomic E-state index is 0.0193. The van der Waals surface area contributed by atoms with Gasteiger partial charge in [-0.25, -0.2) is 24.5 Å². The fourth-order valence-electron chi connectivity index (χ4n) is 10.8. The lowest BCUT2D eigenvalue weighted by molar-refractivity contribution is -0.136. The second-order valence-electron chi connectivity index (χ2n) is 19.1. The van der Waals surface area contributed by atoms with Gasteiger partial charge in [0.1, 0.15) is 29.6 Å². The molecule has 3 aromatic heterocycles. The monoisotopic (exact) mass is 901 g/mol. The molecule has 7 heterocycles. The number of carbonyl (C=O) groups is 4. The molecule has 5 N–H and O–H groups in total. The molecule has 66 heavy (non-hydrogen) atoms. The van der Waals surface area contributed by atoms with E-state index in [1.807, 2.05) is 38.8 Å². The van der Waals surface area contributed by atoms with Crippen LogP contribution in [0.2, 0.25) is 0 Å². The van der Waals surface area contributed by atoms with Crippen LogP contribution in [0.4, 0.5) is 21.1 Å². The summed E-state index contributed by atoms with van der Waals surface area (Å²) in [5, 5.41) is 14.7. The Labute approximate surface area is 385 Å². The van der Waals surface area contributed by atoms with Gasteiger partial charge < -0.3 is 50.0 Å². The van der Waals surface area contributed by atoms with E-state index in [2.05, 4.69) is 78.9 Å². The molecule has 0 saturated carbocycles. The Kier molecular flexibility index (Phi) is 12.8. The Bertz CT molecular complexity index is 2570. The van der Waals surface area contributed by atoms with Crippen LogP contribution in [0.1, 0.15) is 132 Å². The Hall–Kier alpha value is -6.39. The van der Waals surface area contributed by atoms with Crippen LogP contribution in [-0.4, -0.2) is 109 Å². The number of aromatic amines is 2. The Morgan fingerprint density at radius 3 is 1.67 bits per heavy atom. The van der Waals surface area contributed by atoms with Gasteiger partial charge in [0.15, 0.2) is 0 Å². The highest BCUT2D eigenvalue weighted by Crippen LogP contribution is 2.48. The number of nitrogens with one attached hydrogen (secondary N) is 4. The number of hydrogen-bond donors (Lipinski definition) is 5. The molecule has 350 valence electrons. The van der Waals surface area contributed by atoms with E-state index < -0.39 is 24.3 Å². The molecular weight excluding hydrogens is 839 g/mol. The van der Waals surface area contributed by atoms with Gasteiger partial charge >= 0.3 is 12.2 Å². The topological polar surface area (TPSA) is 205 Å². The number of rotatable bonds is 12. The molecule has 4 aliphatic rings. The van der Waals surface area contributed by atoms with Crippen molar-refractivity contribution in [2.24, 2.45) is 11.8 Å². The summed E-state index contributed by atoms with van der Waals surface area (Å²) in [7, 11) is 1.30. The van der Waals surface area contributed by atoms with Gasteiger partial charge in [0.05, 0.1) is 65.2 Å². The predicted octanol–water partition coefficient (Wildman–Crippen LogP) is 7.91. The molecule has 0 aliphatic carbocycles. The number of alkyl carbamates (subject to hydrolysis) is 1.